The van der Waals surface area contributed by atoms with Crippen LogP contribution in [0, 0.1) is 0 Å². The highest BCUT2D eigenvalue weighted by molar-refractivity contribution is 7.98. The van der Waals surface area contributed by atoms with Crippen molar-refractivity contribution in [2.24, 2.45) is 5.73 Å². The molecule has 0 fully saturated rings. The van der Waals surface area contributed by atoms with E-state index in [0.29, 0.717) is 31.0 Å². The Hall–Kier alpha value is -4.51. The maximum atomic E-state index is 12.3. The van der Waals surface area contributed by atoms with Crippen LogP contribution in [0.25, 0.3) is 0 Å². The molecule has 2 heterocycles. The van der Waals surface area contributed by atoms with E-state index >= 15 is 0 Å². The van der Waals surface area contributed by atoms with E-state index in [4.69, 9.17) is 21.7 Å². The number of aliphatic carboxylic acids is 3. The first-order valence-corrected chi connectivity index (χ1v) is 14.2. The molecule has 0 saturated heterocycles. The molecule has 2 unspecified atom stereocenters. The molecule has 0 aliphatic carbocycles. The van der Waals surface area contributed by atoms with Crippen molar-refractivity contribution in [1.82, 2.24) is 15.3 Å². The number of thioether (sulfide) groups is 1. The number of rotatable bonds is 13. The maximum absolute atomic E-state index is 12.3. The number of aromatic nitrogens is 2. The SMILES string of the molecule is CN1c2c(nc(N)[nH]c2=O)NCC1CNc1ccc(C(=O)NC(CCC(=O)O)C(=O)O)cc1.CSCC[C@H](N)C(=O)O. The summed E-state index contributed by atoms with van der Waals surface area (Å²) in [4.78, 5) is 64.9. The number of benzene rings is 1. The molecule has 16 nitrogen and oxygen atoms in total. The van der Waals surface area contributed by atoms with E-state index in [1.165, 1.54) is 12.1 Å². The van der Waals surface area contributed by atoms with Crippen LogP contribution in [0.3, 0.4) is 0 Å². The fourth-order valence-electron chi connectivity index (χ4n) is 3.79. The van der Waals surface area contributed by atoms with Gasteiger partial charge >= 0.3 is 17.9 Å². The Balaban J connectivity index is 0.000000592. The average molecular weight is 609 g/mol. The molecule has 1 aliphatic rings. The number of carboxylic acids is 3. The number of anilines is 4. The summed E-state index contributed by atoms with van der Waals surface area (Å²) >= 11 is 1.60. The number of H-pyrrole nitrogens is 1. The smallest absolute Gasteiger partial charge is 0.326 e. The summed E-state index contributed by atoms with van der Waals surface area (Å²) < 4.78 is 0. The van der Waals surface area contributed by atoms with E-state index in [-0.39, 0.29) is 36.0 Å². The standard InChI is InChI=1S/C20H25N7O6.C5H11NO2S/c1-27-12(9-23-16-15(27)18(31)26-20(21)25-16)8-22-11-4-2-10(3-5-11)17(30)24-13(19(32)33)6-7-14(28)29;1-9-3-2-4(6)5(7)8/h2-5,12-13,22H,6-9H2,1H3,(H,24,30)(H,28,29)(H,32,33)(H4,21,23,25,26,31);4H,2-3,6H2,1H3,(H,7,8)/t;4-/m.0/s1. The zero-order chi connectivity index (χ0) is 31.4. The Morgan fingerprint density at radius 3 is 2.38 bits per heavy atom. The van der Waals surface area contributed by atoms with Gasteiger partial charge in [-0.2, -0.15) is 16.7 Å². The lowest BCUT2D eigenvalue weighted by molar-refractivity contribution is -0.141. The summed E-state index contributed by atoms with van der Waals surface area (Å²) in [5.74, 6) is -2.69. The number of aromatic amines is 1. The van der Waals surface area contributed by atoms with E-state index in [2.05, 4.69) is 25.9 Å². The van der Waals surface area contributed by atoms with Crippen LogP contribution >= 0.6 is 11.8 Å². The van der Waals surface area contributed by atoms with Gasteiger partial charge in [-0.1, -0.05) is 0 Å². The van der Waals surface area contributed by atoms with Gasteiger partial charge in [-0.15, -0.1) is 0 Å². The van der Waals surface area contributed by atoms with Gasteiger partial charge in [0.2, 0.25) is 5.95 Å². The van der Waals surface area contributed by atoms with E-state index < -0.39 is 35.9 Å². The Morgan fingerprint density at radius 1 is 1.14 bits per heavy atom. The predicted molar refractivity (Wildman–Crippen MR) is 159 cm³/mol. The molecule has 230 valence electrons. The minimum absolute atomic E-state index is 0.0388. The molecule has 11 N–H and O–H groups in total. The van der Waals surface area contributed by atoms with Crippen molar-refractivity contribution >= 4 is 58.7 Å². The number of nitrogens with two attached hydrogens (primary N) is 2. The minimum atomic E-state index is -1.30. The second-order valence-corrected chi connectivity index (χ2v) is 10.3. The average Bonchev–Trinajstić information content (AvgIpc) is 2.93. The second-order valence-electron chi connectivity index (χ2n) is 9.28. The van der Waals surface area contributed by atoms with Crippen LogP contribution in [0.2, 0.25) is 0 Å². The van der Waals surface area contributed by atoms with Crippen molar-refractivity contribution < 1.29 is 34.5 Å². The third kappa shape index (κ3) is 10.2. The molecule has 3 atom stereocenters. The topological polar surface area (TPSA) is 266 Å². The molecule has 42 heavy (non-hydrogen) atoms. The van der Waals surface area contributed by atoms with Gasteiger partial charge in [0.25, 0.3) is 11.5 Å². The Kier molecular flexibility index (Phi) is 12.9. The second kappa shape index (κ2) is 16.1. The summed E-state index contributed by atoms with van der Waals surface area (Å²) in [6, 6.07) is 4.35. The first kappa shape index (κ1) is 33.7. The molecule has 2 aromatic rings. The van der Waals surface area contributed by atoms with Gasteiger partial charge in [-0.25, -0.2) is 4.79 Å². The quantitative estimate of drug-likeness (QED) is 0.144. The van der Waals surface area contributed by atoms with E-state index in [9.17, 15) is 29.1 Å². The first-order chi connectivity index (χ1) is 19.8. The number of nitrogen functional groups attached to an aromatic ring is 1. The van der Waals surface area contributed by atoms with E-state index in [1.807, 2.05) is 11.2 Å². The highest BCUT2D eigenvalue weighted by atomic mass is 32.2. The Labute approximate surface area is 245 Å². The number of likely N-dealkylation sites (N-methyl/N-ethyl adjacent to an activating group) is 1. The van der Waals surface area contributed by atoms with Crippen LogP contribution in [-0.2, 0) is 14.4 Å². The van der Waals surface area contributed by atoms with Crippen LogP contribution in [0.5, 0.6) is 0 Å². The lowest BCUT2D eigenvalue weighted by Crippen LogP contribution is -2.48. The minimum Gasteiger partial charge on any atom is -0.481 e. The third-order valence-electron chi connectivity index (χ3n) is 6.21. The lowest BCUT2D eigenvalue weighted by atomic mass is 10.1. The molecule has 0 saturated carbocycles. The van der Waals surface area contributed by atoms with Crippen LogP contribution in [0.15, 0.2) is 29.1 Å². The van der Waals surface area contributed by atoms with Crippen molar-refractivity contribution in [3.8, 4) is 0 Å². The van der Waals surface area contributed by atoms with Crippen LogP contribution in [0.4, 0.5) is 23.1 Å². The Bertz CT molecular complexity index is 1310. The Morgan fingerprint density at radius 2 is 1.81 bits per heavy atom. The molecule has 0 bridgehead atoms. The normalized spacial score (nSPS) is 15.1. The summed E-state index contributed by atoms with van der Waals surface area (Å²) in [5.41, 5.74) is 11.8. The van der Waals surface area contributed by atoms with E-state index in [1.54, 1.807) is 30.9 Å². The molecule has 1 aromatic carbocycles. The fraction of sp³-hybridized carbons (Fsp3) is 0.440. The highest BCUT2D eigenvalue weighted by Crippen LogP contribution is 2.25. The van der Waals surface area contributed by atoms with Crippen molar-refractivity contribution in [2.45, 2.75) is 37.4 Å². The number of carbonyl (C=O) groups is 4. The van der Waals surface area contributed by atoms with Gasteiger partial charge in [0, 0.05) is 37.8 Å². The first-order valence-electron chi connectivity index (χ1n) is 12.8. The van der Waals surface area contributed by atoms with Crippen LogP contribution in [0.1, 0.15) is 29.6 Å². The lowest BCUT2D eigenvalue weighted by Gasteiger charge is -2.35. The van der Waals surface area contributed by atoms with Crippen LogP contribution < -0.4 is 37.9 Å². The summed E-state index contributed by atoms with van der Waals surface area (Å²) in [6.45, 7) is 1.01. The van der Waals surface area contributed by atoms with Gasteiger partial charge in [-0.05, 0) is 49.1 Å². The van der Waals surface area contributed by atoms with Crippen molar-refractivity contribution in [2.75, 3.05) is 53.4 Å². The largest absolute Gasteiger partial charge is 0.481 e. The van der Waals surface area contributed by atoms with Gasteiger partial charge in [0.15, 0.2) is 5.82 Å². The van der Waals surface area contributed by atoms with E-state index in [0.717, 1.165) is 11.4 Å². The summed E-state index contributed by atoms with van der Waals surface area (Å²) in [6.07, 6.45) is 1.89. The van der Waals surface area contributed by atoms with Gasteiger partial charge < -0.3 is 47.6 Å². The molecule has 0 spiro atoms. The number of amides is 1. The number of nitrogens with one attached hydrogen (secondary N) is 4. The molecule has 17 heteroatoms. The molecule has 3 rings (SSSR count). The highest BCUT2D eigenvalue weighted by Gasteiger charge is 2.27. The van der Waals surface area contributed by atoms with Gasteiger partial charge in [0.05, 0.1) is 6.04 Å². The molecule has 1 amide bonds. The number of carbonyl (C=O) groups excluding carboxylic acids is 1. The molecular weight excluding hydrogens is 572 g/mol. The molecule has 1 aliphatic heterocycles. The molecule has 0 radical (unpaired) electrons. The zero-order valence-corrected chi connectivity index (χ0v) is 23.9. The number of nitrogens with zero attached hydrogens (tertiary/aromatic N) is 2. The number of hydrogen-bond acceptors (Lipinski definition) is 12. The number of hydrogen-bond donors (Lipinski definition) is 9. The van der Waals surface area contributed by atoms with Crippen molar-refractivity contribution in [1.29, 1.82) is 0 Å². The summed E-state index contributed by atoms with van der Waals surface area (Å²) in [5, 5.41) is 34.8. The maximum Gasteiger partial charge on any atom is 0.326 e. The van der Waals surface area contributed by atoms with Crippen molar-refractivity contribution in [3.05, 3.63) is 40.2 Å². The molecular formula is C25H36N8O8S. The monoisotopic (exact) mass is 608 g/mol. The molecule has 1 aromatic heterocycles. The van der Waals surface area contributed by atoms with Gasteiger partial charge in [0.1, 0.15) is 17.8 Å². The number of carboxylic acid groups (broad SMARTS) is 3. The third-order valence-corrected chi connectivity index (χ3v) is 6.85. The number of fused-ring (bicyclic) bond motifs is 1. The van der Waals surface area contributed by atoms with Gasteiger partial charge in [-0.3, -0.25) is 24.2 Å². The fourth-order valence-corrected chi connectivity index (χ4v) is 4.28. The zero-order valence-electron chi connectivity index (χ0n) is 23.1. The van der Waals surface area contributed by atoms with Crippen molar-refractivity contribution in [3.63, 3.8) is 0 Å². The predicted octanol–water partition coefficient (Wildman–Crippen LogP) is -0.106. The van der Waals surface area contributed by atoms with Crippen LogP contribution in [-0.4, -0.2) is 99.4 Å². The summed E-state index contributed by atoms with van der Waals surface area (Å²) in [7, 11) is 1.79.